The number of ether oxygens (including phenoxy) is 1. The van der Waals surface area contributed by atoms with Crippen molar-refractivity contribution < 1.29 is 9.13 Å². The van der Waals surface area contributed by atoms with Crippen LogP contribution in [0.4, 0.5) is 4.39 Å². The molecular formula is C16H22FNOS. The van der Waals surface area contributed by atoms with Crippen molar-refractivity contribution in [2.45, 2.75) is 62.3 Å². The molecule has 1 saturated heterocycles. The first-order valence-corrected chi connectivity index (χ1v) is 8.44. The normalized spacial score (nSPS) is 33.8. The zero-order valence-electron chi connectivity index (χ0n) is 12.1. The van der Waals surface area contributed by atoms with Crippen molar-refractivity contribution in [1.82, 2.24) is 5.32 Å². The van der Waals surface area contributed by atoms with E-state index in [1.54, 1.807) is 12.1 Å². The van der Waals surface area contributed by atoms with Gasteiger partial charge in [-0.3, -0.25) is 0 Å². The molecule has 1 N–H and O–H groups in total. The highest BCUT2D eigenvalue weighted by Gasteiger charge is 2.28. The molecular weight excluding hydrogens is 273 g/mol. The first-order chi connectivity index (χ1) is 9.61. The standard InChI is InChI=1S/C16H22FNOS/c1-10-7-13(8-11(2)19-10)18-15-5-6-20-16-4-3-12(17)9-14(15)16/h3-4,9-11,13,15,18H,5-8H2,1-2H3. The summed E-state index contributed by atoms with van der Waals surface area (Å²) in [5, 5.41) is 3.74. The third-order valence-electron chi connectivity index (χ3n) is 4.15. The van der Waals surface area contributed by atoms with Crippen molar-refractivity contribution in [2.75, 3.05) is 5.75 Å². The molecule has 2 aliphatic rings. The Hall–Kier alpha value is -0.580. The zero-order chi connectivity index (χ0) is 14.1. The molecule has 3 atom stereocenters. The molecule has 0 aromatic heterocycles. The third-order valence-corrected chi connectivity index (χ3v) is 5.27. The smallest absolute Gasteiger partial charge is 0.123 e. The minimum atomic E-state index is -0.133. The number of fused-ring (bicyclic) bond motifs is 1. The maximum absolute atomic E-state index is 13.5. The van der Waals surface area contributed by atoms with Crippen LogP contribution in [0.5, 0.6) is 0 Å². The molecule has 1 aromatic rings. The van der Waals surface area contributed by atoms with E-state index in [0.717, 1.165) is 30.6 Å². The van der Waals surface area contributed by atoms with Crippen LogP contribution in [0.25, 0.3) is 0 Å². The summed E-state index contributed by atoms with van der Waals surface area (Å²) in [6.07, 6.45) is 3.76. The molecule has 4 heteroatoms. The number of hydrogen-bond donors (Lipinski definition) is 1. The number of nitrogens with one attached hydrogen (secondary N) is 1. The highest BCUT2D eigenvalue weighted by atomic mass is 32.2. The van der Waals surface area contributed by atoms with Gasteiger partial charge in [0.25, 0.3) is 0 Å². The van der Waals surface area contributed by atoms with Gasteiger partial charge in [-0.05, 0) is 62.6 Å². The quantitative estimate of drug-likeness (QED) is 0.894. The highest BCUT2D eigenvalue weighted by molar-refractivity contribution is 7.99. The van der Waals surface area contributed by atoms with E-state index >= 15 is 0 Å². The fraction of sp³-hybridized carbons (Fsp3) is 0.625. The fourth-order valence-electron chi connectivity index (χ4n) is 3.36. The summed E-state index contributed by atoms with van der Waals surface area (Å²) in [6.45, 7) is 4.27. The summed E-state index contributed by atoms with van der Waals surface area (Å²) in [5.41, 5.74) is 1.13. The maximum atomic E-state index is 13.5. The first kappa shape index (κ1) is 14.4. The molecule has 2 nitrogen and oxygen atoms in total. The summed E-state index contributed by atoms with van der Waals surface area (Å²) in [4.78, 5) is 1.23. The Morgan fingerprint density at radius 3 is 2.75 bits per heavy atom. The van der Waals surface area contributed by atoms with Gasteiger partial charge in [-0.1, -0.05) is 0 Å². The topological polar surface area (TPSA) is 21.3 Å². The van der Waals surface area contributed by atoms with Crippen molar-refractivity contribution >= 4 is 11.8 Å². The van der Waals surface area contributed by atoms with Crippen LogP contribution >= 0.6 is 11.8 Å². The molecule has 20 heavy (non-hydrogen) atoms. The molecule has 0 amide bonds. The van der Waals surface area contributed by atoms with Crippen molar-refractivity contribution in [2.24, 2.45) is 0 Å². The lowest BCUT2D eigenvalue weighted by molar-refractivity contribution is -0.0437. The average Bonchev–Trinajstić information content (AvgIpc) is 2.38. The van der Waals surface area contributed by atoms with Gasteiger partial charge in [0, 0.05) is 17.0 Å². The van der Waals surface area contributed by atoms with Crippen molar-refractivity contribution in [3.05, 3.63) is 29.6 Å². The van der Waals surface area contributed by atoms with Gasteiger partial charge in [0.2, 0.25) is 0 Å². The molecule has 2 aliphatic heterocycles. The van der Waals surface area contributed by atoms with Crippen molar-refractivity contribution in [3.8, 4) is 0 Å². The molecule has 0 aliphatic carbocycles. The molecule has 1 fully saturated rings. The zero-order valence-corrected chi connectivity index (χ0v) is 12.9. The number of hydrogen-bond acceptors (Lipinski definition) is 3. The van der Waals surface area contributed by atoms with Gasteiger partial charge in [-0.2, -0.15) is 0 Å². The van der Waals surface area contributed by atoms with Crippen LogP contribution in [0.3, 0.4) is 0 Å². The Bertz CT molecular complexity index is 472. The number of thioether (sulfide) groups is 1. The van der Waals surface area contributed by atoms with Crippen LogP contribution in [-0.2, 0) is 4.74 Å². The SMILES string of the molecule is CC1CC(NC2CCSc3ccc(F)cc32)CC(C)O1. The largest absolute Gasteiger partial charge is 0.375 e. The minimum Gasteiger partial charge on any atom is -0.375 e. The van der Waals surface area contributed by atoms with Gasteiger partial charge in [-0.25, -0.2) is 4.39 Å². The van der Waals surface area contributed by atoms with Crippen LogP contribution in [0.1, 0.15) is 44.7 Å². The molecule has 0 spiro atoms. The lowest BCUT2D eigenvalue weighted by atomic mass is 9.96. The van der Waals surface area contributed by atoms with Gasteiger partial charge < -0.3 is 10.1 Å². The fourth-order valence-corrected chi connectivity index (χ4v) is 4.47. The maximum Gasteiger partial charge on any atom is 0.123 e. The van der Waals surface area contributed by atoms with E-state index in [9.17, 15) is 4.39 Å². The predicted octanol–water partition coefficient (Wildman–Crippen LogP) is 3.91. The second-order valence-electron chi connectivity index (χ2n) is 5.96. The molecule has 0 radical (unpaired) electrons. The van der Waals surface area contributed by atoms with Crippen molar-refractivity contribution in [3.63, 3.8) is 0 Å². The van der Waals surface area contributed by atoms with E-state index in [1.807, 2.05) is 17.8 Å². The Morgan fingerprint density at radius 1 is 1.25 bits per heavy atom. The van der Waals surface area contributed by atoms with E-state index in [1.165, 1.54) is 4.90 Å². The van der Waals surface area contributed by atoms with Gasteiger partial charge in [-0.15, -0.1) is 11.8 Å². The minimum absolute atomic E-state index is 0.133. The molecule has 2 heterocycles. The molecule has 110 valence electrons. The van der Waals surface area contributed by atoms with E-state index in [4.69, 9.17) is 4.74 Å². The second kappa shape index (κ2) is 6.04. The van der Waals surface area contributed by atoms with E-state index in [2.05, 4.69) is 19.2 Å². The summed E-state index contributed by atoms with van der Waals surface area (Å²) in [7, 11) is 0. The summed E-state index contributed by atoms with van der Waals surface area (Å²) < 4.78 is 19.3. The van der Waals surface area contributed by atoms with Crippen LogP contribution in [0.2, 0.25) is 0 Å². The van der Waals surface area contributed by atoms with Crippen LogP contribution < -0.4 is 5.32 Å². The van der Waals surface area contributed by atoms with Crippen LogP contribution in [0, 0.1) is 5.82 Å². The Morgan fingerprint density at radius 2 is 2.00 bits per heavy atom. The average molecular weight is 295 g/mol. The van der Waals surface area contributed by atoms with E-state index in [0.29, 0.717) is 18.2 Å². The first-order valence-electron chi connectivity index (χ1n) is 7.45. The van der Waals surface area contributed by atoms with Gasteiger partial charge in [0.05, 0.1) is 12.2 Å². The predicted molar refractivity (Wildman–Crippen MR) is 80.6 cm³/mol. The monoisotopic (exact) mass is 295 g/mol. The summed E-state index contributed by atoms with van der Waals surface area (Å²) in [6, 6.07) is 5.93. The Labute approximate surface area is 124 Å². The molecule has 1 aromatic carbocycles. The molecule has 3 unspecified atom stereocenters. The molecule has 0 bridgehead atoms. The lowest BCUT2D eigenvalue weighted by Gasteiger charge is -2.36. The van der Waals surface area contributed by atoms with Crippen molar-refractivity contribution in [1.29, 1.82) is 0 Å². The van der Waals surface area contributed by atoms with Crippen LogP contribution in [0.15, 0.2) is 23.1 Å². The second-order valence-corrected chi connectivity index (χ2v) is 7.10. The Kier molecular flexibility index (Phi) is 4.34. The number of halogens is 1. The van der Waals surface area contributed by atoms with Gasteiger partial charge >= 0.3 is 0 Å². The lowest BCUT2D eigenvalue weighted by Crippen LogP contribution is -2.43. The van der Waals surface area contributed by atoms with E-state index in [-0.39, 0.29) is 11.9 Å². The van der Waals surface area contributed by atoms with Gasteiger partial charge in [0.15, 0.2) is 0 Å². The number of benzene rings is 1. The molecule has 0 saturated carbocycles. The molecule has 3 rings (SSSR count). The number of rotatable bonds is 2. The Balaban J connectivity index is 1.74. The van der Waals surface area contributed by atoms with Gasteiger partial charge in [0.1, 0.15) is 5.82 Å². The van der Waals surface area contributed by atoms with Crippen LogP contribution in [-0.4, -0.2) is 24.0 Å². The summed E-state index contributed by atoms with van der Waals surface area (Å²) in [5.74, 6) is 0.969. The third kappa shape index (κ3) is 3.18. The summed E-state index contributed by atoms with van der Waals surface area (Å²) >= 11 is 1.83. The highest BCUT2D eigenvalue weighted by Crippen LogP contribution is 2.37. The van der Waals surface area contributed by atoms with E-state index < -0.39 is 0 Å².